The standard InChI is InChI=1S/C17H17Cl2FN2/c1-10(2)17(19)22(3)11-8-13(16(20)15(21)9-11)12-6-4-5-7-14(12)18/h4-9H,21H2,1-3H3. The van der Waals surface area contributed by atoms with Crippen LogP contribution in [0.2, 0.25) is 5.02 Å². The summed E-state index contributed by atoms with van der Waals surface area (Å²) in [5.41, 5.74) is 8.46. The molecule has 0 aliphatic rings. The summed E-state index contributed by atoms with van der Waals surface area (Å²) in [4.78, 5) is 1.76. The van der Waals surface area contributed by atoms with Gasteiger partial charge >= 0.3 is 0 Å². The second-order valence-corrected chi connectivity index (χ2v) is 5.99. The van der Waals surface area contributed by atoms with Gasteiger partial charge in [0.15, 0.2) is 5.82 Å². The molecule has 0 saturated carbocycles. The Balaban J connectivity index is 2.63. The molecule has 0 unspecified atom stereocenters. The molecule has 0 spiro atoms. The second kappa shape index (κ2) is 6.59. The smallest absolute Gasteiger partial charge is 0.154 e. The maximum absolute atomic E-state index is 14.4. The third kappa shape index (κ3) is 3.21. The normalized spacial score (nSPS) is 10.5. The highest BCUT2D eigenvalue weighted by Crippen LogP contribution is 2.36. The van der Waals surface area contributed by atoms with E-state index < -0.39 is 5.82 Å². The van der Waals surface area contributed by atoms with Gasteiger partial charge < -0.3 is 10.6 Å². The topological polar surface area (TPSA) is 29.3 Å². The van der Waals surface area contributed by atoms with Crippen LogP contribution in [0.25, 0.3) is 11.1 Å². The highest BCUT2D eigenvalue weighted by Gasteiger charge is 2.16. The van der Waals surface area contributed by atoms with Crippen LogP contribution >= 0.6 is 23.2 Å². The number of anilines is 2. The molecule has 116 valence electrons. The Morgan fingerprint density at radius 2 is 1.77 bits per heavy atom. The molecule has 2 nitrogen and oxygen atoms in total. The SMILES string of the molecule is CC(C)=C(Cl)N(C)c1cc(N)c(F)c(-c2ccccc2Cl)c1. The summed E-state index contributed by atoms with van der Waals surface area (Å²) < 4.78 is 14.4. The van der Waals surface area contributed by atoms with E-state index in [0.717, 1.165) is 5.57 Å². The van der Waals surface area contributed by atoms with Gasteiger partial charge in [0.05, 0.1) is 5.69 Å². The molecule has 2 aromatic carbocycles. The number of nitrogen functional groups attached to an aromatic ring is 1. The molecular weight excluding hydrogens is 322 g/mol. The zero-order valence-corrected chi connectivity index (χ0v) is 14.1. The number of allylic oxidation sites excluding steroid dienone is 1. The molecule has 5 heteroatoms. The molecule has 0 heterocycles. The van der Waals surface area contributed by atoms with Crippen LogP contribution in [0, 0.1) is 5.82 Å². The van der Waals surface area contributed by atoms with Crippen molar-refractivity contribution in [1.82, 2.24) is 0 Å². The fraction of sp³-hybridized carbons (Fsp3) is 0.176. The maximum atomic E-state index is 14.4. The highest BCUT2D eigenvalue weighted by atomic mass is 35.5. The molecule has 0 bridgehead atoms. The molecule has 0 radical (unpaired) electrons. The lowest BCUT2D eigenvalue weighted by molar-refractivity contribution is 0.636. The maximum Gasteiger partial charge on any atom is 0.154 e. The summed E-state index contributed by atoms with van der Waals surface area (Å²) >= 11 is 12.4. The van der Waals surface area contributed by atoms with Crippen LogP contribution in [0.15, 0.2) is 47.1 Å². The van der Waals surface area contributed by atoms with Gasteiger partial charge in [-0.15, -0.1) is 0 Å². The van der Waals surface area contributed by atoms with E-state index in [9.17, 15) is 4.39 Å². The van der Waals surface area contributed by atoms with Crippen LogP contribution in [0.1, 0.15) is 13.8 Å². The van der Waals surface area contributed by atoms with Crippen molar-refractivity contribution in [2.75, 3.05) is 17.7 Å². The number of nitrogens with two attached hydrogens (primary N) is 1. The third-order valence-corrected chi connectivity index (χ3v) is 4.31. The highest BCUT2D eigenvalue weighted by molar-refractivity contribution is 6.33. The first-order valence-corrected chi connectivity index (χ1v) is 7.49. The molecule has 0 atom stereocenters. The molecule has 22 heavy (non-hydrogen) atoms. The van der Waals surface area contributed by atoms with Gasteiger partial charge in [-0.05, 0) is 37.6 Å². The van der Waals surface area contributed by atoms with Gasteiger partial charge in [0.1, 0.15) is 5.16 Å². The van der Waals surface area contributed by atoms with Gasteiger partial charge in [-0.3, -0.25) is 0 Å². The fourth-order valence-electron chi connectivity index (χ4n) is 2.15. The van der Waals surface area contributed by atoms with E-state index in [1.165, 1.54) is 0 Å². The van der Waals surface area contributed by atoms with Gasteiger partial charge in [-0.2, -0.15) is 0 Å². The minimum Gasteiger partial charge on any atom is -0.396 e. The number of rotatable bonds is 3. The predicted octanol–water partition coefficient (Wildman–Crippen LogP) is 5.65. The van der Waals surface area contributed by atoms with Crippen molar-refractivity contribution < 1.29 is 4.39 Å². The molecule has 0 aliphatic heterocycles. The average Bonchev–Trinajstić information content (AvgIpc) is 2.49. The molecule has 2 rings (SSSR count). The van der Waals surface area contributed by atoms with Crippen molar-refractivity contribution in [1.29, 1.82) is 0 Å². The zero-order valence-electron chi connectivity index (χ0n) is 12.6. The average molecular weight is 339 g/mol. The van der Waals surface area contributed by atoms with E-state index in [0.29, 0.717) is 27.0 Å². The van der Waals surface area contributed by atoms with Crippen molar-refractivity contribution in [3.63, 3.8) is 0 Å². The summed E-state index contributed by atoms with van der Waals surface area (Å²) in [6, 6.07) is 10.3. The summed E-state index contributed by atoms with van der Waals surface area (Å²) in [5, 5.41) is 1.03. The van der Waals surface area contributed by atoms with E-state index in [1.807, 2.05) is 13.8 Å². The lowest BCUT2D eigenvalue weighted by atomic mass is 10.0. The van der Waals surface area contributed by atoms with E-state index in [1.54, 1.807) is 48.3 Å². The summed E-state index contributed by atoms with van der Waals surface area (Å²) in [6.07, 6.45) is 0. The zero-order chi connectivity index (χ0) is 16.4. The van der Waals surface area contributed by atoms with E-state index >= 15 is 0 Å². The minimum absolute atomic E-state index is 0.0532. The number of nitrogens with zero attached hydrogens (tertiary/aromatic N) is 1. The number of hydrogen-bond acceptors (Lipinski definition) is 2. The Hall–Kier alpha value is -1.71. The number of hydrogen-bond donors (Lipinski definition) is 1. The first kappa shape index (κ1) is 16.7. The number of benzene rings is 2. The van der Waals surface area contributed by atoms with Gasteiger partial charge in [-0.1, -0.05) is 41.4 Å². The lowest BCUT2D eigenvalue weighted by Crippen LogP contribution is -2.14. The molecule has 2 N–H and O–H groups in total. The van der Waals surface area contributed by atoms with Crippen LogP contribution in [-0.2, 0) is 0 Å². The molecule has 0 aliphatic carbocycles. The van der Waals surface area contributed by atoms with Crippen LogP contribution in [0.4, 0.5) is 15.8 Å². The molecule has 0 saturated heterocycles. The first-order valence-electron chi connectivity index (χ1n) is 6.73. The Morgan fingerprint density at radius 1 is 1.14 bits per heavy atom. The summed E-state index contributed by atoms with van der Waals surface area (Å²) in [6.45, 7) is 3.81. The largest absolute Gasteiger partial charge is 0.396 e. The van der Waals surface area contributed by atoms with Crippen molar-refractivity contribution in [2.24, 2.45) is 0 Å². The summed E-state index contributed by atoms with van der Waals surface area (Å²) in [7, 11) is 1.80. The Kier molecular flexibility index (Phi) is 4.99. The van der Waals surface area contributed by atoms with Crippen molar-refractivity contribution in [3.05, 3.63) is 58.0 Å². The van der Waals surface area contributed by atoms with Gasteiger partial charge in [0, 0.05) is 28.9 Å². The molecule has 2 aromatic rings. The Bertz CT molecular complexity index is 737. The van der Waals surface area contributed by atoms with Crippen LogP contribution in [0.3, 0.4) is 0 Å². The first-order chi connectivity index (χ1) is 10.3. The number of halogens is 3. The molecule has 0 amide bonds. The van der Waals surface area contributed by atoms with E-state index in [2.05, 4.69) is 0 Å². The minimum atomic E-state index is -0.487. The fourth-order valence-corrected chi connectivity index (χ4v) is 2.48. The van der Waals surface area contributed by atoms with Crippen LogP contribution in [0.5, 0.6) is 0 Å². The van der Waals surface area contributed by atoms with Crippen molar-refractivity contribution in [2.45, 2.75) is 13.8 Å². The summed E-state index contributed by atoms with van der Waals surface area (Å²) in [5.74, 6) is -0.487. The van der Waals surface area contributed by atoms with Gasteiger partial charge in [-0.25, -0.2) is 4.39 Å². The van der Waals surface area contributed by atoms with Gasteiger partial charge in [0.2, 0.25) is 0 Å². The monoisotopic (exact) mass is 338 g/mol. The third-order valence-electron chi connectivity index (χ3n) is 3.34. The lowest BCUT2D eigenvalue weighted by Gasteiger charge is -2.21. The quantitative estimate of drug-likeness (QED) is 0.578. The Morgan fingerprint density at radius 3 is 2.36 bits per heavy atom. The van der Waals surface area contributed by atoms with Gasteiger partial charge in [0.25, 0.3) is 0 Å². The second-order valence-electron chi connectivity index (χ2n) is 5.23. The molecular formula is C17H17Cl2FN2. The van der Waals surface area contributed by atoms with Crippen molar-refractivity contribution >= 4 is 34.6 Å². The molecule has 0 aromatic heterocycles. The molecule has 0 fully saturated rings. The van der Waals surface area contributed by atoms with Crippen molar-refractivity contribution in [3.8, 4) is 11.1 Å². The van der Waals surface area contributed by atoms with E-state index in [4.69, 9.17) is 28.9 Å². The van der Waals surface area contributed by atoms with Crippen LogP contribution < -0.4 is 10.6 Å². The Labute approximate surface area is 139 Å². The predicted molar refractivity (Wildman–Crippen MR) is 93.9 cm³/mol. The van der Waals surface area contributed by atoms with E-state index in [-0.39, 0.29) is 5.69 Å². The van der Waals surface area contributed by atoms with Crippen LogP contribution in [-0.4, -0.2) is 7.05 Å².